The van der Waals surface area contributed by atoms with E-state index in [9.17, 15) is 9.59 Å². The maximum atomic E-state index is 12.4. The summed E-state index contributed by atoms with van der Waals surface area (Å²) < 4.78 is 5.54. The molecule has 0 radical (unpaired) electrons. The van der Waals surface area contributed by atoms with Crippen LogP contribution in [0.4, 0.5) is 0 Å². The lowest BCUT2D eigenvalue weighted by atomic mass is 9.47. The average molecular weight is 424 g/mol. The molecule has 0 bridgehead atoms. The Morgan fingerprint density at radius 1 is 1.00 bits per heavy atom. The van der Waals surface area contributed by atoms with E-state index in [2.05, 4.69) is 19.2 Å². The van der Waals surface area contributed by atoms with Crippen LogP contribution < -0.4 is 10.1 Å². The lowest BCUT2D eigenvalue weighted by Crippen LogP contribution is -2.61. The zero-order valence-electron chi connectivity index (χ0n) is 19.1. The molecule has 3 aliphatic carbocycles. The zero-order valence-corrected chi connectivity index (χ0v) is 19.1. The number of piperidine rings is 1. The fourth-order valence-corrected chi connectivity index (χ4v) is 8.25. The van der Waals surface area contributed by atoms with Crippen LogP contribution in [0.3, 0.4) is 0 Å². The molecule has 1 amide bonds. The fourth-order valence-electron chi connectivity index (χ4n) is 8.25. The highest BCUT2D eigenvalue weighted by molar-refractivity contribution is 5.77. The van der Waals surface area contributed by atoms with Crippen molar-refractivity contribution in [3.8, 4) is 5.75 Å². The number of rotatable bonds is 4. The number of esters is 1. The van der Waals surface area contributed by atoms with E-state index in [4.69, 9.17) is 4.74 Å². The first-order valence-electron chi connectivity index (χ1n) is 12.5. The molecule has 1 N–H and O–H groups in total. The highest BCUT2D eigenvalue weighted by atomic mass is 16.5. The molecule has 4 nitrogen and oxygen atoms in total. The SMILES string of the molecule is C[C@]12CC[C@H]3[C@@H](CCC4NC(=O)CC[C@@]43C)[C@@H]1CC[C@@H]2CCC(=O)Oc1ccccc1. The van der Waals surface area contributed by atoms with Crippen LogP contribution in [0.15, 0.2) is 30.3 Å². The lowest BCUT2D eigenvalue weighted by Gasteiger charge is -2.60. The van der Waals surface area contributed by atoms with Crippen LogP contribution in [0.5, 0.6) is 5.75 Å². The highest BCUT2D eigenvalue weighted by Gasteiger charge is 2.60. The van der Waals surface area contributed by atoms with E-state index in [-0.39, 0.29) is 17.3 Å². The summed E-state index contributed by atoms with van der Waals surface area (Å²) in [7, 11) is 0. The van der Waals surface area contributed by atoms with E-state index in [0.717, 1.165) is 37.0 Å². The summed E-state index contributed by atoms with van der Waals surface area (Å²) in [6.07, 6.45) is 10.7. The van der Waals surface area contributed by atoms with Gasteiger partial charge in [-0.15, -0.1) is 0 Å². The van der Waals surface area contributed by atoms with Crippen molar-refractivity contribution in [2.75, 3.05) is 0 Å². The van der Waals surface area contributed by atoms with Gasteiger partial charge in [0.25, 0.3) is 0 Å². The largest absolute Gasteiger partial charge is 0.427 e. The second kappa shape index (κ2) is 7.94. The number of fused-ring (bicyclic) bond motifs is 5. The number of benzene rings is 1. The van der Waals surface area contributed by atoms with E-state index in [1.165, 1.54) is 32.1 Å². The van der Waals surface area contributed by atoms with Crippen LogP contribution in [-0.2, 0) is 9.59 Å². The minimum atomic E-state index is -0.0992. The van der Waals surface area contributed by atoms with E-state index in [1.807, 2.05) is 30.3 Å². The number of nitrogens with one attached hydrogen (secondary N) is 1. The normalized spacial score (nSPS) is 41.5. The molecule has 3 saturated carbocycles. The van der Waals surface area contributed by atoms with Gasteiger partial charge in [-0.1, -0.05) is 32.0 Å². The molecule has 5 rings (SSSR count). The molecule has 0 spiro atoms. The summed E-state index contributed by atoms with van der Waals surface area (Å²) in [5.74, 6) is 3.73. The van der Waals surface area contributed by atoms with Crippen LogP contribution >= 0.6 is 0 Å². The molecular weight excluding hydrogens is 386 g/mol. The molecule has 1 aromatic rings. The Hall–Kier alpha value is -1.84. The molecule has 1 heterocycles. The van der Waals surface area contributed by atoms with Gasteiger partial charge in [0.2, 0.25) is 5.91 Å². The second-order valence-corrected chi connectivity index (χ2v) is 11.2. The number of hydrogen-bond acceptors (Lipinski definition) is 3. The first-order valence-corrected chi connectivity index (χ1v) is 12.5. The number of carbonyl (C=O) groups excluding carboxylic acids is 2. The van der Waals surface area contributed by atoms with Crippen molar-refractivity contribution in [2.45, 2.75) is 84.1 Å². The Morgan fingerprint density at radius 3 is 2.58 bits per heavy atom. The molecule has 31 heavy (non-hydrogen) atoms. The van der Waals surface area contributed by atoms with Gasteiger partial charge in [0.1, 0.15) is 5.75 Å². The monoisotopic (exact) mass is 423 g/mol. The van der Waals surface area contributed by atoms with Gasteiger partial charge in [-0.05, 0) is 98.0 Å². The summed E-state index contributed by atoms with van der Waals surface area (Å²) in [6.45, 7) is 4.98. The van der Waals surface area contributed by atoms with Crippen LogP contribution in [-0.4, -0.2) is 17.9 Å². The number of para-hydroxylation sites is 1. The standard InChI is InChI=1S/C27H37NO3/c1-26-16-14-22-20(10-12-23-27(22,2)17-15-24(29)28-23)21(26)11-8-18(26)9-13-25(30)31-19-6-4-3-5-7-19/h3-7,18,20-23H,8-17H2,1-2H3,(H,28,29)/t18-,20+,21+,22+,23?,26-,27-/m1/s1. The van der Waals surface area contributed by atoms with Gasteiger partial charge in [-0.3, -0.25) is 9.59 Å². The summed E-state index contributed by atoms with van der Waals surface area (Å²) in [5, 5.41) is 3.33. The van der Waals surface area contributed by atoms with Gasteiger partial charge in [0.05, 0.1) is 0 Å². The third-order valence-electron chi connectivity index (χ3n) is 9.96. The van der Waals surface area contributed by atoms with Crippen LogP contribution in [0.25, 0.3) is 0 Å². The minimum Gasteiger partial charge on any atom is -0.427 e. The van der Waals surface area contributed by atoms with Crippen molar-refractivity contribution in [3.63, 3.8) is 0 Å². The number of hydrogen-bond donors (Lipinski definition) is 1. The van der Waals surface area contributed by atoms with Crippen molar-refractivity contribution in [2.24, 2.45) is 34.5 Å². The van der Waals surface area contributed by atoms with Gasteiger partial charge in [0, 0.05) is 18.9 Å². The maximum Gasteiger partial charge on any atom is 0.311 e. The van der Waals surface area contributed by atoms with Crippen molar-refractivity contribution in [1.29, 1.82) is 0 Å². The number of carbonyl (C=O) groups is 2. The summed E-state index contributed by atoms with van der Waals surface area (Å²) in [5.41, 5.74) is 0.630. The first-order chi connectivity index (χ1) is 14.9. The minimum absolute atomic E-state index is 0.0992. The molecule has 4 fully saturated rings. The van der Waals surface area contributed by atoms with Gasteiger partial charge in [-0.2, -0.15) is 0 Å². The van der Waals surface area contributed by atoms with Crippen molar-refractivity contribution in [3.05, 3.63) is 30.3 Å². The Bertz CT molecular complexity index is 838. The van der Waals surface area contributed by atoms with E-state index >= 15 is 0 Å². The van der Waals surface area contributed by atoms with Crippen molar-refractivity contribution < 1.29 is 14.3 Å². The predicted molar refractivity (Wildman–Crippen MR) is 120 cm³/mol. The lowest BCUT2D eigenvalue weighted by molar-refractivity contribution is -0.138. The third-order valence-corrected chi connectivity index (χ3v) is 9.96. The quantitative estimate of drug-likeness (QED) is 0.513. The molecule has 4 heteroatoms. The summed E-state index contributed by atoms with van der Waals surface area (Å²) >= 11 is 0. The molecule has 1 saturated heterocycles. The second-order valence-electron chi connectivity index (χ2n) is 11.2. The molecule has 1 aromatic carbocycles. The Balaban J connectivity index is 1.24. The average Bonchev–Trinajstić information content (AvgIpc) is 3.10. The summed E-state index contributed by atoms with van der Waals surface area (Å²) in [6, 6.07) is 9.80. The van der Waals surface area contributed by atoms with Gasteiger partial charge < -0.3 is 10.1 Å². The van der Waals surface area contributed by atoms with E-state index in [1.54, 1.807) is 0 Å². The van der Waals surface area contributed by atoms with Gasteiger partial charge in [-0.25, -0.2) is 0 Å². The number of amides is 1. The maximum absolute atomic E-state index is 12.4. The molecule has 7 atom stereocenters. The Morgan fingerprint density at radius 2 is 1.77 bits per heavy atom. The van der Waals surface area contributed by atoms with Crippen LogP contribution in [0.2, 0.25) is 0 Å². The molecule has 1 aliphatic heterocycles. The van der Waals surface area contributed by atoms with E-state index in [0.29, 0.717) is 36.0 Å². The van der Waals surface area contributed by atoms with Crippen molar-refractivity contribution in [1.82, 2.24) is 5.32 Å². The van der Waals surface area contributed by atoms with E-state index < -0.39 is 0 Å². The predicted octanol–water partition coefficient (Wildman–Crippen LogP) is 5.51. The van der Waals surface area contributed by atoms with Gasteiger partial charge in [0.15, 0.2) is 0 Å². The smallest absolute Gasteiger partial charge is 0.311 e. The molecular formula is C27H37NO3. The Labute approximate surface area is 186 Å². The Kier molecular flexibility index (Phi) is 5.38. The van der Waals surface area contributed by atoms with Crippen LogP contribution in [0.1, 0.15) is 78.1 Å². The van der Waals surface area contributed by atoms with Crippen LogP contribution in [0, 0.1) is 34.5 Å². The topological polar surface area (TPSA) is 55.4 Å². The summed E-state index contributed by atoms with van der Waals surface area (Å²) in [4.78, 5) is 24.4. The fraction of sp³-hybridized carbons (Fsp3) is 0.704. The zero-order chi connectivity index (χ0) is 21.6. The highest BCUT2D eigenvalue weighted by Crippen LogP contribution is 2.66. The number of ether oxygens (including phenoxy) is 1. The molecule has 168 valence electrons. The third kappa shape index (κ3) is 3.60. The van der Waals surface area contributed by atoms with Crippen molar-refractivity contribution >= 4 is 11.9 Å². The molecule has 4 aliphatic rings. The molecule has 0 aromatic heterocycles. The first kappa shape index (κ1) is 21.0. The van der Waals surface area contributed by atoms with Gasteiger partial charge >= 0.3 is 5.97 Å². The molecule has 1 unspecified atom stereocenters.